The normalized spacial score (nSPS) is 34.2. The first-order valence-corrected chi connectivity index (χ1v) is 15.3. The lowest BCUT2D eigenvalue weighted by molar-refractivity contribution is -0.330. The third-order valence-corrected chi connectivity index (χ3v) is 9.02. The van der Waals surface area contributed by atoms with Crippen molar-refractivity contribution in [1.82, 2.24) is 5.32 Å². The molecular weight excluding hydrogens is 586 g/mol. The van der Waals surface area contributed by atoms with Crippen molar-refractivity contribution in [2.75, 3.05) is 21.0 Å². The summed E-state index contributed by atoms with van der Waals surface area (Å²) in [4.78, 5) is 36.9. The average Bonchev–Trinajstić information content (AvgIpc) is 2.98. The van der Waals surface area contributed by atoms with Gasteiger partial charge < -0.3 is 44.0 Å². The van der Waals surface area contributed by atoms with Crippen LogP contribution in [0, 0.1) is 11.3 Å². The number of allylic oxidation sites excluding steroid dienone is 5. The Morgan fingerprint density at radius 3 is 2.47 bits per heavy atom. The van der Waals surface area contributed by atoms with Crippen LogP contribution in [0.3, 0.4) is 0 Å². The Kier molecular flexibility index (Phi) is 13.2. The molecule has 45 heavy (non-hydrogen) atoms. The second-order valence-corrected chi connectivity index (χ2v) is 12.4. The van der Waals surface area contributed by atoms with Crippen molar-refractivity contribution < 1.29 is 53.0 Å². The van der Waals surface area contributed by atoms with Crippen LogP contribution in [-0.2, 0) is 42.8 Å². The molecule has 3 heterocycles. The van der Waals surface area contributed by atoms with Gasteiger partial charge in [-0.25, -0.2) is 4.79 Å². The zero-order chi connectivity index (χ0) is 33.4. The van der Waals surface area contributed by atoms with E-state index in [9.17, 15) is 19.5 Å². The summed E-state index contributed by atoms with van der Waals surface area (Å²) in [6.45, 7) is 11.7. The number of carbonyl (C=O) groups excluding carboxylic acids is 2. The summed E-state index contributed by atoms with van der Waals surface area (Å²) < 4.78 is 35.6. The number of aliphatic hydroxyl groups excluding tert-OH is 1. The number of carbonyl (C=O) groups is 3. The van der Waals surface area contributed by atoms with Crippen LogP contribution >= 0.6 is 0 Å². The smallest absolute Gasteiger partial charge is 0.328 e. The molecule has 0 saturated carbocycles. The maximum Gasteiger partial charge on any atom is 0.328 e. The minimum atomic E-state index is -1.69. The van der Waals surface area contributed by atoms with Crippen molar-refractivity contribution in [2.24, 2.45) is 11.3 Å². The Morgan fingerprint density at radius 1 is 1.11 bits per heavy atom. The number of carboxylic acid groups (broad SMARTS) is 1. The van der Waals surface area contributed by atoms with E-state index in [1.807, 2.05) is 33.8 Å². The van der Waals surface area contributed by atoms with E-state index in [2.05, 4.69) is 11.9 Å². The number of hydrogen-bond donors (Lipinski definition) is 3. The zero-order valence-electron chi connectivity index (χ0n) is 27.1. The van der Waals surface area contributed by atoms with Crippen molar-refractivity contribution >= 4 is 17.7 Å². The first kappa shape index (κ1) is 36.8. The van der Waals surface area contributed by atoms with Gasteiger partial charge in [-0.15, -0.1) is 0 Å². The van der Waals surface area contributed by atoms with Gasteiger partial charge in [0.15, 0.2) is 12.3 Å². The molecule has 0 aromatic carbocycles. The molecule has 12 heteroatoms. The molecule has 3 rings (SSSR count). The fraction of sp³-hybridized carbons (Fsp3) is 0.667. The van der Waals surface area contributed by atoms with Crippen LogP contribution in [0.15, 0.2) is 48.6 Å². The molecule has 0 bridgehead atoms. The van der Waals surface area contributed by atoms with Gasteiger partial charge in [-0.1, -0.05) is 63.3 Å². The summed E-state index contributed by atoms with van der Waals surface area (Å²) in [7, 11) is 2.94. The number of unbranched alkanes of at least 4 members (excludes halogenated alkanes) is 1. The molecule has 9 atom stereocenters. The van der Waals surface area contributed by atoms with Gasteiger partial charge in [-0.05, 0) is 19.8 Å². The highest BCUT2D eigenvalue weighted by Gasteiger charge is 2.57. The largest absolute Gasteiger partial charge is 0.478 e. The quantitative estimate of drug-likeness (QED) is 0.111. The molecule has 252 valence electrons. The Balaban J connectivity index is 1.65. The van der Waals surface area contributed by atoms with E-state index in [1.165, 1.54) is 13.2 Å². The summed E-state index contributed by atoms with van der Waals surface area (Å²) in [5, 5.41) is 22.5. The lowest BCUT2D eigenvalue weighted by atomic mass is 9.72. The van der Waals surface area contributed by atoms with Gasteiger partial charge in [0.25, 0.3) is 5.91 Å². The Labute approximate surface area is 265 Å². The minimum Gasteiger partial charge on any atom is -0.478 e. The SMILES string of the molecule is C=C1CC(OC)(C(O)C(=O)NC2OCOC3C2OC(CC(=O)CCCC=CC=CC=CC(=O)O)C(C)(C)C3OC)OC(C)C1C. The molecule has 3 aliphatic rings. The van der Waals surface area contributed by atoms with E-state index >= 15 is 0 Å². The first-order chi connectivity index (χ1) is 21.3. The maximum absolute atomic E-state index is 13.4. The molecular formula is C33H49NO11. The molecule has 0 radical (unpaired) electrons. The van der Waals surface area contributed by atoms with Crippen LogP contribution in [0.25, 0.3) is 0 Å². The second-order valence-electron chi connectivity index (χ2n) is 12.4. The molecule has 0 aromatic heterocycles. The summed E-state index contributed by atoms with van der Waals surface area (Å²) >= 11 is 0. The molecule has 0 aromatic rings. The van der Waals surface area contributed by atoms with Crippen LogP contribution < -0.4 is 5.32 Å². The fourth-order valence-corrected chi connectivity index (χ4v) is 6.05. The van der Waals surface area contributed by atoms with Crippen LogP contribution in [0.1, 0.15) is 59.8 Å². The average molecular weight is 636 g/mol. The molecule has 1 amide bonds. The van der Waals surface area contributed by atoms with Crippen molar-refractivity contribution in [1.29, 1.82) is 0 Å². The minimum absolute atomic E-state index is 0.0171. The van der Waals surface area contributed by atoms with E-state index in [-0.39, 0.29) is 37.4 Å². The first-order valence-electron chi connectivity index (χ1n) is 15.3. The van der Waals surface area contributed by atoms with Crippen LogP contribution in [0.2, 0.25) is 0 Å². The molecule has 0 aliphatic carbocycles. The van der Waals surface area contributed by atoms with Crippen LogP contribution in [-0.4, -0.2) is 97.5 Å². The molecule has 9 unspecified atom stereocenters. The maximum atomic E-state index is 13.4. The number of Topliss-reactive ketones (excluding diaryl/α,β-unsaturated/α-hetero) is 1. The Hall–Kier alpha value is -2.71. The third-order valence-electron chi connectivity index (χ3n) is 9.02. The van der Waals surface area contributed by atoms with Gasteiger partial charge in [-0.3, -0.25) is 9.59 Å². The monoisotopic (exact) mass is 635 g/mol. The highest BCUT2D eigenvalue weighted by atomic mass is 16.7. The number of ether oxygens (including phenoxy) is 6. The Morgan fingerprint density at radius 2 is 1.82 bits per heavy atom. The van der Waals surface area contributed by atoms with Gasteiger partial charge in [0, 0.05) is 50.9 Å². The van der Waals surface area contributed by atoms with Gasteiger partial charge >= 0.3 is 5.97 Å². The molecule has 0 spiro atoms. The number of hydrogen-bond acceptors (Lipinski definition) is 10. The van der Waals surface area contributed by atoms with Crippen molar-refractivity contribution in [2.45, 2.75) is 108 Å². The fourth-order valence-electron chi connectivity index (χ4n) is 6.05. The number of aliphatic carboxylic acids is 1. The lowest BCUT2D eigenvalue weighted by Crippen LogP contribution is -2.69. The summed E-state index contributed by atoms with van der Waals surface area (Å²) in [6.07, 6.45) is 5.93. The van der Waals surface area contributed by atoms with Crippen LogP contribution in [0.4, 0.5) is 0 Å². The van der Waals surface area contributed by atoms with Crippen molar-refractivity contribution in [3.05, 3.63) is 48.6 Å². The number of aliphatic hydroxyl groups is 1. The number of methoxy groups -OCH3 is 2. The highest BCUT2D eigenvalue weighted by Crippen LogP contribution is 2.43. The second kappa shape index (κ2) is 16.2. The topological polar surface area (TPSA) is 159 Å². The van der Waals surface area contributed by atoms with E-state index in [4.69, 9.17) is 33.5 Å². The summed E-state index contributed by atoms with van der Waals surface area (Å²) in [5.74, 6) is -3.35. The molecule has 3 saturated heterocycles. The predicted molar refractivity (Wildman–Crippen MR) is 164 cm³/mol. The van der Waals surface area contributed by atoms with Gasteiger partial charge in [0.2, 0.25) is 5.79 Å². The van der Waals surface area contributed by atoms with Crippen molar-refractivity contribution in [3.63, 3.8) is 0 Å². The number of nitrogens with one attached hydrogen (secondary N) is 1. The number of fused-ring (bicyclic) bond motifs is 1. The Bertz CT molecular complexity index is 1150. The standard InChI is InChI=1S/C33H49NO11/c1-20-18-33(41-7,45-22(3)21(20)2)28(38)30(39)34-31-27-26(42-19-43-31)29(40-6)32(4,5)24(44-27)17-23(35)15-13-11-9-8-10-12-14-16-25(36)37/h8-10,12,14,16,21-22,24,26-29,31,38H,1,11,13,15,17-19H2,2-7H3,(H,34,39)(H,36,37). The lowest BCUT2D eigenvalue weighted by Gasteiger charge is -2.54. The van der Waals surface area contributed by atoms with E-state index in [0.717, 1.165) is 11.6 Å². The van der Waals surface area contributed by atoms with Crippen molar-refractivity contribution in [3.8, 4) is 0 Å². The molecule has 3 aliphatic heterocycles. The molecule has 3 fully saturated rings. The predicted octanol–water partition coefficient (Wildman–Crippen LogP) is 3.20. The van der Waals surface area contributed by atoms with Crippen LogP contribution in [0.5, 0.6) is 0 Å². The zero-order valence-corrected chi connectivity index (χ0v) is 27.1. The van der Waals surface area contributed by atoms with E-state index in [0.29, 0.717) is 19.3 Å². The van der Waals surface area contributed by atoms with Gasteiger partial charge in [0.05, 0.1) is 18.3 Å². The van der Waals surface area contributed by atoms with Gasteiger partial charge in [-0.2, -0.15) is 0 Å². The number of rotatable bonds is 14. The third kappa shape index (κ3) is 8.97. The van der Waals surface area contributed by atoms with E-state index in [1.54, 1.807) is 25.3 Å². The van der Waals surface area contributed by atoms with Gasteiger partial charge in [0.1, 0.15) is 24.8 Å². The number of amides is 1. The molecule has 12 nitrogen and oxygen atoms in total. The number of carboxylic acids is 1. The molecule has 3 N–H and O–H groups in total. The summed E-state index contributed by atoms with van der Waals surface area (Å²) in [5.41, 5.74) is 0.186. The highest BCUT2D eigenvalue weighted by molar-refractivity contribution is 5.82. The number of ketones is 1. The van der Waals surface area contributed by atoms with E-state index < -0.39 is 59.8 Å². The summed E-state index contributed by atoms with van der Waals surface area (Å²) in [6, 6.07) is 0.